The predicted molar refractivity (Wildman–Crippen MR) is 118 cm³/mol. The van der Waals surface area contributed by atoms with E-state index in [9.17, 15) is 19.5 Å². The van der Waals surface area contributed by atoms with Gasteiger partial charge < -0.3 is 21.1 Å². The normalized spacial score (nSPS) is 13.1. The molecule has 4 N–H and O–H groups in total. The quantitative estimate of drug-likeness (QED) is 0.498. The van der Waals surface area contributed by atoms with Crippen LogP contribution in [0.25, 0.3) is 10.8 Å². The van der Waals surface area contributed by atoms with Gasteiger partial charge in [-0.05, 0) is 36.1 Å². The molecule has 0 radical (unpaired) electrons. The molecule has 7 heteroatoms. The van der Waals surface area contributed by atoms with E-state index in [0.717, 1.165) is 10.8 Å². The van der Waals surface area contributed by atoms with E-state index in [1.807, 2.05) is 64.1 Å². The molecule has 7 nitrogen and oxygen atoms in total. The highest BCUT2D eigenvalue weighted by Crippen LogP contribution is 2.22. The number of hydrogen-bond donors (Lipinski definition) is 4. The van der Waals surface area contributed by atoms with Crippen molar-refractivity contribution in [1.29, 1.82) is 0 Å². The highest BCUT2D eigenvalue weighted by molar-refractivity contribution is 6.02. The van der Waals surface area contributed by atoms with Gasteiger partial charge in [0.15, 0.2) is 0 Å². The number of hydrogen-bond acceptors (Lipinski definition) is 3. The minimum atomic E-state index is -1.08. The fraction of sp³-hybridized carbons (Fsp3) is 0.435. The van der Waals surface area contributed by atoms with Crippen molar-refractivity contribution in [2.24, 2.45) is 11.8 Å². The molecule has 3 amide bonds. The maximum Gasteiger partial charge on any atom is 0.326 e. The van der Waals surface area contributed by atoms with Crippen LogP contribution in [-0.2, 0) is 9.59 Å². The second kappa shape index (κ2) is 10.6. The van der Waals surface area contributed by atoms with Crippen molar-refractivity contribution in [2.45, 2.75) is 52.6 Å². The first-order valence-corrected chi connectivity index (χ1v) is 10.3. The predicted octanol–water partition coefficient (Wildman–Crippen LogP) is 3.99. The van der Waals surface area contributed by atoms with E-state index in [1.54, 1.807) is 6.07 Å². The summed E-state index contributed by atoms with van der Waals surface area (Å²) in [6.07, 6.45) is 0.709. The highest BCUT2D eigenvalue weighted by atomic mass is 16.4. The lowest BCUT2D eigenvalue weighted by Gasteiger charge is -2.23. The molecule has 0 heterocycles. The molecule has 0 saturated heterocycles. The number of anilines is 1. The molecule has 0 unspecified atom stereocenters. The minimum absolute atomic E-state index is 0.109. The van der Waals surface area contributed by atoms with Gasteiger partial charge in [0.2, 0.25) is 5.91 Å². The Hall–Kier alpha value is -3.09. The minimum Gasteiger partial charge on any atom is -0.480 e. The first kappa shape index (κ1) is 23.2. The molecule has 0 aliphatic rings. The van der Waals surface area contributed by atoms with Crippen molar-refractivity contribution in [3.05, 3.63) is 42.5 Å². The Morgan fingerprint density at radius 2 is 1.43 bits per heavy atom. The molecular weight excluding hydrogens is 382 g/mol. The van der Waals surface area contributed by atoms with E-state index in [-0.39, 0.29) is 11.8 Å². The zero-order chi connectivity index (χ0) is 22.3. The number of amides is 3. The summed E-state index contributed by atoms with van der Waals surface area (Å²) in [5, 5.41) is 19.4. The lowest BCUT2D eigenvalue weighted by Crippen LogP contribution is -2.53. The van der Waals surface area contributed by atoms with Crippen LogP contribution in [0.1, 0.15) is 40.5 Å². The summed E-state index contributed by atoms with van der Waals surface area (Å²) in [6, 6.07) is 10.9. The first-order chi connectivity index (χ1) is 14.2. The molecule has 30 heavy (non-hydrogen) atoms. The number of carboxylic acids is 1. The van der Waals surface area contributed by atoms with Crippen LogP contribution in [0, 0.1) is 11.8 Å². The third-order valence-electron chi connectivity index (χ3n) is 4.69. The average molecular weight is 414 g/mol. The number of rotatable bonds is 9. The number of carbonyl (C=O) groups is 3. The number of benzene rings is 2. The van der Waals surface area contributed by atoms with E-state index in [4.69, 9.17) is 0 Å². The maximum atomic E-state index is 12.8. The Balaban J connectivity index is 2.11. The highest BCUT2D eigenvalue weighted by Gasteiger charge is 2.27. The van der Waals surface area contributed by atoms with Crippen LogP contribution in [0.15, 0.2) is 42.5 Å². The van der Waals surface area contributed by atoms with Crippen LogP contribution >= 0.6 is 0 Å². The summed E-state index contributed by atoms with van der Waals surface area (Å²) in [4.78, 5) is 36.9. The SMILES string of the molecule is CC(C)C[C@H](NC(=O)[C@H](CC(C)C)NC(=O)Nc1cccc2ccccc12)C(=O)O. The summed E-state index contributed by atoms with van der Waals surface area (Å²) < 4.78 is 0. The molecule has 0 aromatic heterocycles. The molecule has 0 bridgehead atoms. The van der Waals surface area contributed by atoms with Gasteiger partial charge >= 0.3 is 12.0 Å². The van der Waals surface area contributed by atoms with Crippen LogP contribution in [0.3, 0.4) is 0 Å². The van der Waals surface area contributed by atoms with Crippen molar-refractivity contribution >= 4 is 34.4 Å². The number of fused-ring (bicyclic) bond motifs is 1. The number of aliphatic carboxylic acids is 1. The van der Waals surface area contributed by atoms with Crippen molar-refractivity contribution in [3.63, 3.8) is 0 Å². The van der Waals surface area contributed by atoms with Gasteiger partial charge in [-0.3, -0.25) is 4.79 Å². The summed E-state index contributed by atoms with van der Waals surface area (Å²) in [5.74, 6) is -1.34. The van der Waals surface area contributed by atoms with Crippen LogP contribution in [0.4, 0.5) is 10.5 Å². The lowest BCUT2D eigenvalue weighted by molar-refractivity contribution is -0.142. The summed E-state index contributed by atoms with van der Waals surface area (Å²) >= 11 is 0. The monoisotopic (exact) mass is 413 g/mol. The molecule has 0 spiro atoms. The number of nitrogens with one attached hydrogen (secondary N) is 3. The molecule has 2 rings (SSSR count). The number of carbonyl (C=O) groups excluding carboxylic acids is 2. The largest absolute Gasteiger partial charge is 0.480 e. The number of carboxylic acid groups (broad SMARTS) is 1. The van der Waals surface area contributed by atoms with E-state index < -0.39 is 30.0 Å². The smallest absolute Gasteiger partial charge is 0.326 e. The zero-order valence-electron chi connectivity index (χ0n) is 17.9. The van der Waals surface area contributed by atoms with Crippen molar-refractivity contribution < 1.29 is 19.5 Å². The molecule has 162 valence electrons. The van der Waals surface area contributed by atoms with Crippen molar-refractivity contribution in [1.82, 2.24) is 10.6 Å². The van der Waals surface area contributed by atoms with Crippen LogP contribution in [0.2, 0.25) is 0 Å². The molecule has 2 atom stereocenters. The van der Waals surface area contributed by atoms with Gasteiger partial charge in [-0.2, -0.15) is 0 Å². The van der Waals surface area contributed by atoms with Gasteiger partial charge in [0, 0.05) is 5.39 Å². The van der Waals surface area contributed by atoms with Crippen molar-refractivity contribution in [3.8, 4) is 0 Å². The van der Waals surface area contributed by atoms with E-state index in [1.165, 1.54) is 0 Å². The average Bonchev–Trinajstić information content (AvgIpc) is 2.66. The van der Waals surface area contributed by atoms with Gasteiger partial charge in [-0.25, -0.2) is 9.59 Å². The van der Waals surface area contributed by atoms with Gasteiger partial charge in [0.25, 0.3) is 0 Å². The molecular formula is C23H31N3O4. The van der Waals surface area contributed by atoms with E-state index in [0.29, 0.717) is 18.5 Å². The summed E-state index contributed by atoms with van der Waals surface area (Å²) in [5.41, 5.74) is 0.637. The Bertz CT molecular complexity index is 890. The Morgan fingerprint density at radius 3 is 2.07 bits per heavy atom. The molecule has 0 fully saturated rings. The topological polar surface area (TPSA) is 108 Å². The first-order valence-electron chi connectivity index (χ1n) is 10.3. The Morgan fingerprint density at radius 1 is 0.833 bits per heavy atom. The third-order valence-corrected chi connectivity index (χ3v) is 4.69. The summed E-state index contributed by atoms with van der Waals surface area (Å²) in [7, 11) is 0. The van der Waals surface area contributed by atoms with Gasteiger partial charge in [0.05, 0.1) is 5.69 Å². The van der Waals surface area contributed by atoms with Gasteiger partial charge in [-0.15, -0.1) is 0 Å². The second-order valence-corrected chi connectivity index (χ2v) is 8.34. The molecule has 0 saturated carbocycles. The Kier molecular flexibility index (Phi) is 8.21. The Labute approximate surface area is 177 Å². The van der Waals surface area contributed by atoms with Crippen LogP contribution in [-0.4, -0.2) is 35.1 Å². The van der Waals surface area contributed by atoms with Crippen LogP contribution in [0.5, 0.6) is 0 Å². The lowest BCUT2D eigenvalue weighted by atomic mass is 10.0. The molecule has 0 aliphatic heterocycles. The molecule has 2 aromatic carbocycles. The fourth-order valence-electron chi connectivity index (χ4n) is 3.32. The van der Waals surface area contributed by atoms with Gasteiger partial charge in [-0.1, -0.05) is 64.1 Å². The summed E-state index contributed by atoms with van der Waals surface area (Å²) in [6.45, 7) is 7.66. The zero-order valence-corrected chi connectivity index (χ0v) is 17.9. The van der Waals surface area contributed by atoms with E-state index in [2.05, 4.69) is 16.0 Å². The fourth-order valence-corrected chi connectivity index (χ4v) is 3.32. The molecule has 0 aliphatic carbocycles. The number of urea groups is 1. The van der Waals surface area contributed by atoms with Crippen molar-refractivity contribution in [2.75, 3.05) is 5.32 Å². The molecule has 2 aromatic rings. The van der Waals surface area contributed by atoms with Gasteiger partial charge in [0.1, 0.15) is 12.1 Å². The third kappa shape index (κ3) is 6.76. The van der Waals surface area contributed by atoms with E-state index >= 15 is 0 Å². The maximum absolute atomic E-state index is 12.8. The standard InChI is InChI=1S/C23H31N3O4/c1-14(2)12-19(21(27)24-20(22(28)29)13-15(3)4)26-23(30)25-18-11-7-9-16-8-5-6-10-17(16)18/h5-11,14-15,19-20H,12-13H2,1-4H3,(H,24,27)(H,28,29)(H2,25,26,30)/t19-,20-/m0/s1. The van der Waals surface area contributed by atoms with Crippen LogP contribution < -0.4 is 16.0 Å². The second-order valence-electron chi connectivity index (χ2n) is 8.34.